The van der Waals surface area contributed by atoms with Crippen molar-refractivity contribution in [2.75, 3.05) is 0 Å². The molecule has 2 atom stereocenters. The van der Waals surface area contributed by atoms with Gasteiger partial charge in [0.2, 0.25) is 0 Å². The van der Waals surface area contributed by atoms with E-state index < -0.39 is 12.2 Å². The Balaban J connectivity index is 2.42. The minimum Gasteiger partial charge on any atom is -0.389 e. The van der Waals surface area contributed by atoms with Gasteiger partial charge in [0.15, 0.2) is 0 Å². The molecule has 7 heavy (non-hydrogen) atoms. The van der Waals surface area contributed by atoms with Crippen molar-refractivity contribution in [3.63, 3.8) is 0 Å². The predicted molar refractivity (Wildman–Crippen MR) is 25.8 cm³/mol. The highest BCUT2D eigenvalue weighted by atomic mass is 16.3. The maximum atomic E-state index is 8.65. The second-order valence-electron chi connectivity index (χ2n) is 1.76. The minimum absolute atomic E-state index is 0.407. The fourth-order valence-electron chi connectivity index (χ4n) is 0.661. The Kier molecular flexibility index (Phi) is 1.13. The zero-order valence-corrected chi connectivity index (χ0v) is 3.91. The van der Waals surface area contributed by atoms with Gasteiger partial charge in [-0.2, -0.15) is 0 Å². The van der Waals surface area contributed by atoms with E-state index in [2.05, 4.69) is 0 Å². The summed E-state index contributed by atoms with van der Waals surface area (Å²) < 4.78 is 0. The van der Waals surface area contributed by atoms with Gasteiger partial charge in [-0.15, -0.1) is 0 Å². The lowest BCUT2D eigenvalue weighted by atomic mass is 10.3. The first-order chi connectivity index (χ1) is 3.29. The normalized spacial score (nSPS) is 39.7. The van der Waals surface area contributed by atoms with E-state index in [0.29, 0.717) is 6.42 Å². The molecular formula is C5H8O2. The van der Waals surface area contributed by atoms with Crippen LogP contribution in [0.1, 0.15) is 6.42 Å². The van der Waals surface area contributed by atoms with E-state index in [1.54, 1.807) is 12.2 Å². The van der Waals surface area contributed by atoms with Gasteiger partial charge in [0.1, 0.15) is 0 Å². The van der Waals surface area contributed by atoms with Crippen LogP contribution in [0.5, 0.6) is 0 Å². The molecule has 0 aliphatic heterocycles. The molecule has 2 heteroatoms. The average molecular weight is 100 g/mol. The van der Waals surface area contributed by atoms with Crippen molar-refractivity contribution in [1.29, 1.82) is 0 Å². The van der Waals surface area contributed by atoms with Crippen LogP contribution in [-0.4, -0.2) is 22.4 Å². The molecule has 0 radical (unpaired) electrons. The Labute approximate surface area is 42.1 Å². The van der Waals surface area contributed by atoms with Crippen LogP contribution >= 0.6 is 0 Å². The van der Waals surface area contributed by atoms with Crippen LogP contribution in [0.25, 0.3) is 0 Å². The summed E-state index contributed by atoms with van der Waals surface area (Å²) in [6, 6.07) is 0. The van der Waals surface area contributed by atoms with Crippen LogP contribution < -0.4 is 0 Å². The third kappa shape index (κ3) is 1.01. The molecule has 2 nitrogen and oxygen atoms in total. The maximum Gasteiger partial charge on any atom is 0.0749 e. The molecule has 0 fully saturated rings. The first-order valence-electron chi connectivity index (χ1n) is 2.33. The average Bonchev–Trinajstić information content (AvgIpc) is 1.87. The molecule has 1 rings (SSSR count). The standard InChI is InChI=1S/C5H8O2/c6-4-1-2-5(7)3-4/h1-2,4-7H,3H2/t4-,5?/m0/s1. The molecule has 0 heterocycles. The van der Waals surface area contributed by atoms with Crippen LogP contribution in [0.2, 0.25) is 0 Å². The Hall–Kier alpha value is -0.340. The van der Waals surface area contributed by atoms with Gasteiger partial charge >= 0.3 is 0 Å². The third-order valence-electron chi connectivity index (χ3n) is 1.04. The van der Waals surface area contributed by atoms with E-state index in [4.69, 9.17) is 10.2 Å². The minimum atomic E-state index is -0.407. The van der Waals surface area contributed by atoms with E-state index in [0.717, 1.165) is 0 Å². The molecule has 0 saturated heterocycles. The van der Waals surface area contributed by atoms with E-state index in [1.807, 2.05) is 0 Å². The summed E-state index contributed by atoms with van der Waals surface area (Å²) in [5.74, 6) is 0. The van der Waals surface area contributed by atoms with Crippen molar-refractivity contribution in [2.45, 2.75) is 18.6 Å². The lowest BCUT2D eigenvalue weighted by molar-refractivity contribution is 0.151. The Morgan fingerprint density at radius 3 is 1.71 bits per heavy atom. The molecule has 0 aromatic rings. The monoisotopic (exact) mass is 100 g/mol. The van der Waals surface area contributed by atoms with Crippen molar-refractivity contribution in [3.8, 4) is 0 Å². The number of hydrogen-bond donors (Lipinski definition) is 2. The second kappa shape index (κ2) is 1.64. The second-order valence-corrected chi connectivity index (χ2v) is 1.76. The third-order valence-corrected chi connectivity index (χ3v) is 1.04. The fraction of sp³-hybridized carbons (Fsp3) is 0.600. The van der Waals surface area contributed by atoms with Gasteiger partial charge in [0, 0.05) is 6.42 Å². The Morgan fingerprint density at radius 1 is 1.14 bits per heavy atom. The molecule has 0 saturated carbocycles. The highest BCUT2D eigenvalue weighted by Gasteiger charge is 2.11. The molecule has 40 valence electrons. The summed E-state index contributed by atoms with van der Waals surface area (Å²) >= 11 is 0. The van der Waals surface area contributed by atoms with Crippen molar-refractivity contribution >= 4 is 0 Å². The molecule has 1 aliphatic rings. The van der Waals surface area contributed by atoms with Crippen LogP contribution in [0.3, 0.4) is 0 Å². The molecule has 0 bridgehead atoms. The summed E-state index contributed by atoms with van der Waals surface area (Å²) in [4.78, 5) is 0. The first-order valence-corrected chi connectivity index (χ1v) is 2.33. The van der Waals surface area contributed by atoms with Crippen LogP contribution in [0, 0.1) is 0 Å². The summed E-state index contributed by atoms with van der Waals surface area (Å²) in [5.41, 5.74) is 0. The number of rotatable bonds is 0. The van der Waals surface area contributed by atoms with Gasteiger partial charge in [-0.1, -0.05) is 12.2 Å². The van der Waals surface area contributed by atoms with Gasteiger partial charge in [0.25, 0.3) is 0 Å². The van der Waals surface area contributed by atoms with E-state index in [9.17, 15) is 0 Å². The summed E-state index contributed by atoms with van der Waals surface area (Å²) in [6.45, 7) is 0. The van der Waals surface area contributed by atoms with Gasteiger partial charge in [0.05, 0.1) is 12.2 Å². The summed E-state index contributed by atoms with van der Waals surface area (Å²) in [7, 11) is 0. The largest absolute Gasteiger partial charge is 0.389 e. The highest BCUT2D eigenvalue weighted by Crippen LogP contribution is 2.08. The topological polar surface area (TPSA) is 40.5 Å². The van der Waals surface area contributed by atoms with Crippen molar-refractivity contribution in [2.24, 2.45) is 0 Å². The summed E-state index contributed by atoms with van der Waals surface area (Å²) in [5, 5.41) is 17.3. The van der Waals surface area contributed by atoms with Gasteiger partial charge in [-0.25, -0.2) is 0 Å². The molecule has 1 unspecified atom stereocenters. The lowest BCUT2D eigenvalue weighted by Crippen LogP contribution is -2.04. The quantitative estimate of drug-likeness (QED) is 0.409. The van der Waals surface area contributed by atoms with Crippen molar-refractivity contribution < 1.29 is 10.2 Å². The smallest absolute Gasteiger partial charge is 0.0749 e. The van der Waals surface area contributed by atoms with Crippen molar-refractivity contribution in [3.05, 3.63) is 12.2 Å². The van der Waals surface area contributed by atoms with Gasteiger partial charge < -0.3 is 10.2 Å². The number of aliphatic hydroxyl groups excluding tert-OH is 2. The summed E-state index contributed by atoms with van der Waals surface area (Å²) in [6.07, 6.45) is 2.86. The zero-order valence-electron chi connectivity index (χ0n) is 3.91. The molecule has 0 spiro atoms. The molecule has 1 aliphatic carbocycles. The number of aliphatic hydroxyl groups is 2. The van der Waals surface area contributed by atoms with E-state index in [1.165, 1.54) is 0 Å². The number of hydrogen-bond acceptors (Lipinski definition) is 2. The first kappa shape index (κ1) is 4.81. The van der Waals surface area contributed by atoms with Crippen molar-refractivity contribution in [1.82, 2.24) is 0 Å². The lowest BCUT2D eigenvalue weighted by Gasteiger charge is -1.96. The Morgan fingerprint density at radius 2 is 1.57 bits per heavy atom. The molecule has 0 aromatic heterocycles. The van der Waals surface area contributed by atoms with Crippen LogP contribution in [0.15, 0.2) is 12.2 Å². The molecule has 0 aromatic carbocycles. The molecule has 0 amide bonds. The van der Waals surface area contributed by atoms with Gasteiger partial charge in [-0.3, -0.25) is 0 Å². The molecular weight excluding hydrogens is 92.1 g/mol. The Bertz CT molecular complexity index is 78.1. The SMILES string of the molecule is OC1C=C[C@H](O)C1. The fourth-order valence-corrected chi connectivity index (χ4v) is 0.661. The molecule has 2 N–H and O–H groups in total. The van der Waals surface area contributed by atoms with Gasteiger partial charge in [-0.05, 0) is 0 Å². The maximum absolute atomic E-state index is 8.65. The van der Waals surface area contributed by atoms with Crippen LogP contribution in [-0.2, 0) is 0 Å². The predicted octanol–water partition coefficient (Wildman–Crippen LogP) is -0.332. The van der Waals surface area contributed by atoms with E-state index >= 15 is 0 Å². The zero-order chi connectivity index (χ0) is 5.28. The van der Waals surface area contributed by atoms with E-state index in [-0.39, 0.29) is 0 Å². The van der Waals surface area contributed by atoms with Crippen LogP contribution in [0.4, 0.5) is 0 Å². The highest BCUT2D eigenvalue weighted by molar-refractivity contribution is 5.02.